The van der Waals surface area contributed by atoms with E-state index in [1.807, 2.05) is 6.20 Å². The van der Waals surface area contributed by atoms with Gasteiger partial charge in [-0.2, -0.15) is 0 Å². The Hall–Kier alpha value is -1.02. The van der Waals surface area contributed by atoms with E-state index in [4.69, 9.17) is 4.74 Å². The summed E-state index contributed by atoms with van der Waals surface area (Å²) >= 11 is 0. The second-order valence-electron chi connectivity index (χ2n) is 2.73. The minimum absolute atomic E-state index is 0.262. The summed E-state index contributed by atoms with van der Waals surface area (Å²) in [5.41, 5.74) is 0. The van der Waals surface area contributed by atoms with Crippen LogP contribution in [0.4, 0.5) is 0 Å². The topological polar surface area (TPSA) is 25.0 Å². The number of hydrogen-bond acceptors (Lipinski definition) is 1. The van der Waals surface area contributed by atoms with Crippen LogP contribution in [0, 0.1) is 0 Å². The van der Waals surface area contributed by atoms with Gasteiger partial charge in [-0.3, -0.25) is 0 Å². The molecule has 0 bridgehead atoms. The van der Waals surface area contributed by atoms with E-state index in [1.165, 1.54) is 10.6 Å². The molecular weight excluding hydrogens is 138 g/mol. The number of nitrogens with one attached hydrogen (secondary N) is 1. The summed E-state index contributed by atoms with van der Waals surface area (Å²) in [6.07, 6.45) is 7.51. The van der Waals surface area contributed by atoms with E-state index in [9.17, 15) is 0 Å². The fraction of sp³-hybridized carbons (Fsp3) is 0.333. The van der Waals surface area contributed by atoms with Crippen molar-refractivity contribution in [2.75, 3.05) is 7.11 Å². The van der Waals surface area contributed by atoms with Gasteiger partial charge in [-0.05, 0) is 23.8 Å². The van der Waals surface area contributed by atoms with E-state index in [0.717, 1.165) is 6.42 Å². The van der Waals surface area contributed by atoms with Crippen molar-refractivity contribution in [3.05, 3.63) is 22.8 Å². The van der Waals surface area contributed by atoms with Crippen LogP contribution in [0.5, 0.6) is 0 Å². The molecule has 0 saturated heterocycles. The number of methoxy groups -OCH3 is 1. The second-order valence-corrected chi connectivity index (χ2v) is 2.73. The summed E-state index contributed by atoms with van der Waals surface area (Å²) < 4.78 is 5.22. The van der Waals surface area contributed by atoms with E-state index in [0.29, 0.717) is 0 Å². The largest absolute Gasteiger partial charge is 0.377 e. The molecule has 58 valence electrons. The van der Waals surface area contributed by atoms with Gasteiger partial charge in [0.15, 0.2) is 0 Å². The van der Waals surface area contributed by atoms with Gasteiger partial charge in [-0.1, -0.05) is 6.08 Å². The summed E-state index contributed by atoms with van der Waals surface area (Å²) in [5, 5.41) is 2.47. The van der Waals surface area contributed by atoms with Gasteiger partial charge >= 0.3 is 0 Å². The van der Waals surface area contributed by atoms with Crippen LogP contribution >= 0.6 is 0 Å². The maximum atomic E-state index is 5.22. The molecule has 1 N–H and O–H groups in total. The molecule has 0 saturated carbocycles. The number of fused-ring (bicyclic) bond motifs is 1. The Morgan fingerprint density at radius 3 is 3.36 bits per heavy atom. The molecule has 0 fully saturated rings. The van der Waals surface area contributed by atoms with Crippen molar-refractivity contribution in [2.24, 2.45) is 0 Å². The first kappa shape index (κ1) is 6.68. The molecule has 2 rings (SSSR count). The molecule has 1 unspecified atom stereocenters. The van der Waals surface area contributed by atoms with Crippen molar-refractivity contribution in [3.63, 3.8) is 0 Å². The summed E-state index contributed by atoms with van der Waals surface area (Å²) in [7, 11) is 1.74. The van der Waals surface area contributed by atoms with Crippen LogP contribution in [-0.4, -0.2) is 18.2 Å². The Labute approximate surface area is 65.2 Å². The molecule has 0 amide bonds. The van der Waals surface area contributed by atoms with Crippen LogP contribution in [0.2, 0.25) is 0 Å². The van der Waals surface area contributed by atoms with Gasteiger partial charge in [0, 0.05) is 18.7 Å². The highest BCUT2D eigenvalue weighted by atomic mass is 16.5. The lowest BCUT2D eigenvalue weighted by Crippen LogP contribution is -2.29. The lowest BCUT2D eigenvalue weighted by Gasteiger charge is -2.09. The van der Waals surface area contributed by atoms with Crippen LogP contribution < -0.4 is 10.6 Å². The van der Waals surface area contributed by atoms with Gasteiger partial charge in [0.2, 0.25) is 0 Å². The highest BCUT2D eigenvalue weighted by Crippen LogP contribution is 2.01. The number of aromatic amines is 1. The van der Waals surface area contributed by atoms with Crippen molar-refractivity contribution in [3.8, 4) is 0 Å². The predicted molar refractivity (Wildman–Crippen MR) is 44.4 cm³/mol. The van der Waals surface area contributed by atoms with E-state index >= 15 is 0 Å². The van der Waals surface area contributed by atoms with Crippen LogP contribution in [0.1, 0.15) is 6.42 Å². The molecule has 11 heavy (non-hydrogen) atoms. The minimum atomic E-state index is 0.262. The predicted octanol–water partition coefficient (Wildman–Crippen LogP) is -0.00560. The minimum Gasteiger partial charge on any atom is -0.377 e. The molecule has 0 aromatic carbocycles. The molecule has 1 aliphatic rings. The van der Waals surface area contributed by atoms with Gasteiger partial charge in [-0.15, -0.1) is 0 Å². The Morgan fingerprint density at radius 1 is 1.64 bits per heavy atom. The summed E-state index contributed by atoms with van der Waals surface area (Å²) in [5.74, 6) is 0. The summed E-state index contributed by atoms with van der Waals surface area (Å²) in [6, 6.07) is 2.07. The Kier molecular flexibility index (Phi) is 1.55. The molecule has 1 aromatic heterocycles. The normalized spacial score (nSPS) is 21.7. The molecule has 1 aromatic rings. The molecule has 2 nitrogen and oxygen atoms in total. The van der Waals surface area contributed by atoms with Crippen molar-refractivity contribution in [2.45, 2.75) is 12.5 Å². The maximum absolute atomic E-state index is 5.22. The van der Waals surface area contributed by atoms with Crippen molar-refractivity contribution < 1.29 is 4.74 Å². The van der Waals surface area contributed by atoms with Crippen molar-refractivity contribution in [1.82, 2.24) is 4.98 Å². The zero-order chi connectivity index (χ0) is 7.68. The lowest BCUT2D eigenvalue weighted by molar-refractivity contribution is 0.157. The number of ether oxygens (including phenoxy) is 1. The number of hydrogen-bond donors (Lipinski definition) is 1. The third kappa shape index (κ3) is 1.10. The Morgan fingerprint density at radius 2 is 2.55 bits per heavy atom. The fourth-order valence-corrected chi connectivity index (χ4v) is 1.38. The third-order valence-electron chi connectivity index (χ3n) is 2.04. The molecule has 0 spiro atoms. The highest BCUT2D eigenvalue weighted by molar-refractivity contribution is 5.39. The van der Waals surface area contributed by atoms with Crippen LogP contribution in [-0.2, 0) is 4.74 Å². The van der Waals surface area contributed by atoms with Gasteiger partial charge in [0.25, 0.3) is 0 Å². The molecule has 0 aliphatic heterocycles. The standard InChI is InChI=1S/C9H11NO/c1-11-8-2-3-9-7(6-8)4-5-10-9/h3-6,8,10H,2H2,1H3. The fourth-order valence-electron chi connectivity index (χ4n) is 1.38. The Balaban J connectivity index is 2.53. The number of rotatable bonds is 1. The van der Waals surface area contributed by atoms with Crippen molar-refractivity contribution >= 4 is 12.2 Å². The summed E-state index contributed by atoms with van der Waals surface area (Å²) in [4.78, 5) is 3.16. The first-order chi connectivity index (χ1) is 5.40. The van der Waals surface area contributed by atoms with Crippen LogP contribution in [0.15, 0.2) is 12.3 Å². The zero-order valence-electron chi connectivity index (χ0n) is 6.50. The quantitative estimate of drug-likeness (QED) is 0.597. The van der Waals surface area contributed by atoms with Crippen molar-refractivity contribution in [1.29, 1.82) is 0 Å². The van der Waals surface area contributed by atoms with E-state index in [2.05, 4.69) is 23.2 Å². The van der Waals surface area contributed by atoms with Gasteiger partial charge in [0.1, 0.15) is 0 Å². The Bertz CT molecular complexity index is 350. The molecule has 1 atom stereocenters. The van der Waals surface area contributed by atoms with E-state index in [-0.39, 0.29) is 6.10 Å². The third-order valence-corrected chi connectivity index (χ3v) is 2.04. The zero-order valence-corrected chi connectivity index (χ0v) is 6.50. The first-order valence-corrected chi connectivity index (χ1v) is 3.78. The maximum Gasteiger partial charge on any atom is 0.0796 e. The number of aromatic nitrogens is 1. The highest BCUT2D eigenvalue weighted by Gasteiger charge is 2.04. The smallest absolute Gasteiger partial charge is 0.0796 e. The molecular formula is C9H11NO. The van der Waals surface area contributed by atoms with Crippen LogP contribution in [0.25, 0.3) is 12.2 Å². The second kappa shape index (κ2) is 2.55. The van der Waals surface area contributed by atoms with E-state index in [1.54, 1.807) is 7.11 Å². The average Bonchev–Trinajstić information content (AvgIpc) is 2.50. The molecule has 0 radical (unpaired) electrons. The monoisotopic (exact) mass is 149 g/mol. The average molecular weight is 149 g/mol. The molecule has 2 heteroatoms. The SMILES string of the molecule is COC1C=c2cc[nH]c2=CC1. The van der Waals surface area contributed by atoms with Gasteiger partial charge < -0.3 is 9.72 Å². The first-order valence-electron chi connectivity index (χ1n) is 3.78. The molecule has 1 heterocycles. The summed E-state index contributed by atoms with van der Waals surface area (Å²) in [6.45, 7) is 0. The van der Waals surface area contributed by atoms with Gasteiger partial charge in [0.05, 0.1) is 6.10 Å². The van der Waals surface area contributed by atoms with E-state index < -0.39 is 0 Å². The number of H-pyrrole nitrogens is 1. The lowest BCUT2D eigenvalue weighted by atomic mass is 10.1. The van der Waals surface area contributed by atoms with Gasteiger partial charge in [-0.25, -0.2) is 0 Å². The molecule has 1 aliphatic carbocycles. The van der Waals surface area contributed by atoms with Crippen LogP contribution in [0.3, 0.4) is 0 Å².